The van der Waals surface area contributed by atoms with Gasteiger partial charge in [0.2, 0.25) is 0 Å². The number of nitrogens with zero attached hydrogens (tertiary/aromatic N) is 4. The van der Waals surface area contributed by atoms with E-state index >= 15 is 0 Å². The van der Waals surface area contributed by atoms with Crippen molar-refractivity contribution in [3.8, 4) is 0 Å². The van der Waals surface area contributed by atoms with Crippen molar-refractivity contribution in [1.82, 2.24) is 19.4 Å². The topological polar surface area (TPSA) is 43.1 Å². The van der Waals surface area contributed by atoms with E-state index in [1.165, 1.54) is 0 Å². The van der Waals surface area contributed by atoms with E-state index in [0.717, 1.165) is 11.2 Å². The van der Waals surface area contributed by atoms with Crippen molar-refractivity contribution in [3.63, 3.8) is 0 Å². The van der Waals surface area contributed by atoms with Crippen LogP contribution in [0.25, 0.3) is 16.8 Å². The summed E-state index contributed by atoms with van der Waals surface area (Å²) in [7, 11) is 0. The fourth-order valence-corrected chi connectivity index (χ4v) is 1.69. The van der Waals surface area contributed by atoms with E-state index < -0.39 is 0 Å². The average Bonchev–Trinajstić information content (AvgIpc) is 2.67. The van der Waals surface area contributed by atoms with Crippen LogP contribution in [0.4, 0.5) is 0 Å². The van der Waals surface area contributed by atoms with Gasteiger partial charge in [0.05, 0.1) is 5.52 Å². The molecule has 4 nitrogen and oxygen atoms in total. The molecule has 0 saturated heterocycles. The second-order valence-corrected chi connectivity index (χ2v) is 3.23. The van der Waals surface area contributed by atoms with Crippen molar-refractivity contribution < 1.29 is 0 Å². The summed E-state index contributed by atoms with van der Waals surface area (Å²) < 4.78 is 1.87. The van der Waals surface area contributed by atoms with E-state index in [2.05, 4.69) is 15.0 Å². The SMILES string of the molecule is Clc1nc2nccnc2n2cccc12. The predicted molar refractivity (Wildman–Crippen MR) is 53.3 cm³/mol. The van der Waals surface area contributed by atoms with Gasteiger partial charge in [-0.1, -0.05) is 11.6 Å². The van der Waals surface area contributed by atoms with E-state index in [-0.39, 0.29) is 0 Å². The lowest BCUT2D eigenvalue weighted by molar-refractivity contribution is 1.12. The zero-order valence-electron chi connectivity index (χ0n) is 7.05. The third kappa shape index (κ3) is 0.914. The quantitative estimate of drug-likeness (QED) is 0.562. The molecule has 0 N–H and O–H groups in total. The summed E-state index contributed by atoms with van der Waals surface area (Å²) in [5.74, 6) is 0. The standard InChI is InChI=1S/C9H5ClN4/c10-7-6-2-1-5-14(6)9-8(13-7)11-3-4-12-9/h1-5H. The zero-order valence-corrected chi connectivity index (χ0v) is 7.81. The Morgan fingerprint density at radius 2 is 2.07 bits per heavy atom. The molecule has 0 aliphatic carbocycles. The first-order valence-corrected chi connectivity index (χ1v) is 4.47. The van der Waals surface area contributed by atoms with Gasteiger partial charge in [-0.25, -0.2) is 15.0 Å². The Kier molecular flexibility index (Phi) is 1.46. The number of rotatable bonds is 0. The maximum absolute atomic E-state index is 5.98. The second kappa shape index (κ2) is 2.65. The molecule has 68 valence electrons. The van der Waals surface area contributed by atoms with Crippen LogP contribution in [0.15, 0.2) is 30.7 Å². The lowest BCUT2D eigenvalue weighted by Crippen LogP contribution is -1.95. The third-order valence-electron chi connectivity index (χ3n) is 2.05. The van der Waals surface area contributed by atoms with Gasteiger partial charge in [-0.15, -0.1) is 0 Å². The minimum Gasteiger partial charge on any atom is -0.296 e. The summed E-state index contributed by atoms with van der Waals surface area (Å²) in [6.45, 7) is 0. The van der Waals surface area contributed by atoms with Gasteiger partial charge in [-0.05, 0) is 12.1 Å². The minimum absolute atomic E-state index is 0.447. The number of hydrogen-bond acceptors (Lipinski definition) is 3. The summed E-state index contributed by atoms with van der Waals surface area (Å²) in [5, 5.41) is 0.447. The van der Waals surface area contributed by atoms with Gasteiger partial charge in [0, 0.05) is 18.6 Å². The monoisotopic (exact) mass is 204 g/mol. The van der Waals surface area contributed by atoms with Crippen molar-refractivity contribution >= 4 is 28.4 Å². The Hall–Kier alpha value is -1.68. The number of fused-ring (bicyclic) bond motifs is 3. The largest absolute Gasteiger partial charge is 0.296 e. The van der Waals surface area contributed by atoms with E-state index in [9.17, 15) is 0 Å². The molecule has 0 aliphatic rings. The molecule has 0 unspecified atom stereocenters. The molecule has 0 aliphatic heterocycles. The molecule has 0 amide bonds. The highest BCUT2D eigenvalue weighted by Gasteiger charge is 2.06. The van der Waals surface area contributed by atoms with Crippen LogP contribution >= 0.6 is 11.6 Å². The molecule has 3 heterocycles. The minimum atomic E-state index is 0.447. The van der Waals surface area contributed by atoms with E-state index in [0.29, 0.717) is 10.8 Å². The van der Waals surface area contributed by atoms with Gasteiger partial charge < -0.3 is 0 Å². The van der Waals surface area contributed by atoms with Crippen LogP contribution in [0, 0.1) is 0 Å². The van der Waals surface area contributed by atoms with Crippen LogP contribution < -0.4 is 0 Å². The van der Waals surface area contributed by atoms with Crippen molar-refractivity contribution in [2.75, 3.05) is 0 Å². The van der Waals surface area contributed by atoms with Crippen LogP contribution in [0.1, 0.15) is 0 Å². The van der Waals surface area contributed by atoms with E-state index in [4.69, 9.17) is 11.6 Å². The molecule has 3 rings (SSSR count). The van der Waals surface area contributed by atoms with Crippen molar-refractivity contribution in [3.05, 3.63) is 35.9 Å². The Labute approximate surface area is 84.2 Å². The molecule has 5 heteroatoms. The molecular weight excluding hydrogens is 200 g/mol. The summed E-state index contributed by atoms with van der Waals surface area (Å²) >= 11 is 5.98. The Bertz CT molecular complexity index is 616. The zero-order chi connectivity index (χ0) is 9.54. The van der Waals surface area contributed by atoms with Gasteiger partial charge >= 0.3 is 0 Å². The molecule has 0 fully saturated rings. The maximum Gasteiger partial charge on any atom is 0.197 e. The normalized spacial score (nSPS) is 11.2. The van der Waals surface area contributed by atoms with Crippen molar-refractivity contribution in [2.45, 2.75) is 0 Å². The molecule has 0 spiro atoms. The lowest BCUT2D eigenvalue weighted by atomic mass is 10.5. The molecular formula is C9H5ClN4. The molecule has 0 aromatic carbocycles. The molecule has 3 aromatic rings. The van der Waals surface area contributed by atoms with Gasteiger partial charge in [-0.2, -0.15) is 0 Å². The highest BCUT2D eigenvalue weighted by Crippen LogP contribution is 2.19. The lowest BCUT2D eigenvalue weighted by Gasteiger charge is -2.00. The molecule has 0 saturated carbocycles. The van der Waals surface area contributed by atoms with Gasteiger partial charge in [-0.3, -0.25) is 4.40 Å². The number of halogens is 1. The van der Waals surface area contributed by atoms with E-state index in [1.54, 1.807) is 12.4 Å². The van der Waals surface area contributed by atoms with Crippen LogP contribution in [-0.4, -0.2) is 19.4 Å². The Morgan fingerprint density at radius 1 is 1.21 bits per heavy atom. The van der Waals surface area contributed by atoms with E-state index in [1.807, 2.05) is 22.7 Å². The van der Waals surface area contributed by atoms with Crippen LogP contribution in [0.2, 0.25) is 5.15 Å². The second-order valence-electron chi connectivity index (χ2n) is 2.87. The fourth-order valence-electron chi connectivity index (χ4n) is 1.46. The summed E-state index contributed by atoms with van der Waals surface area (Å²) in [6.07, 6.45) is 5.12. The first-order chi connectivity index (χ1) is 6.86. The molecule has 0 bridgehead atoms. The third-order valence-corrected chi connectivity index (χ3v) is 2.33. The first-order valence-electron chi connectivity index (χ1n) is 4.09. The van der Waals surface area contributed by atoms with Crippen molar-refractivity contribution in [2.24, 2.45) is 0 Å². The highest BCUT2D eigenvalue weighted by molar-refractivity contribution is 6.32. The first kappa shape index (κ1) is 7.70. The van der Waals surface area contributed by atoms with Crippen LogP contribution in [0.5, 0.6) is 0 Å². The summed E-state index contributed by atoms with van der Waals surface area (Å²) in [5.41, 5.74) is 2.12. The van der Waals surface area contributed by atoms with Gasteiger partial charge in [0.25, 0.3) is 0 Å². The van der Waals surface area contributed by atoms with Gasteiger partial charge in [0.15, 0.2) is 16.4 Å². The van der Waals surface area contributed by atoms with Crippen LogP contribution in [0.3, 0.4) is 0 Å². The molecule has 3 aromatic heterocycles. The fraction of sp³-hybridized carbons (Fsp3) is 0. The van der Waals surface area contributed by atoms with Crippen molar-refractivity contribution in [1.29, 1.82) is 0 Å². The van der Waals surface area contributed by atoms with Gasteiger partial charge in [0.1, 0.15) is 0 Å². The maximum atomic E-state index is 5.98. The summed E-state index contributed by atoms with van der Waals surface area (Å²) in [4.78, 5) is 12.4. The average molecular weight is 205 g/mol. The number of aromatic nitrogens is 4. The predicted octanol–water partition coefficient (Wildman–Crippen LogP) is 1.93. The number of hydrogen-bond donors (Lipinski definition) is 0. The molecule has 0 atom stereocenters. The Balaban J connectivity index is 2.66. The Morgan fingerprint density at radius 3 is 3.00 bits per heavy atom. The highest BCUT2D eigenvalue weighted by atomic mass is 35.5. The molecule has 14 heavy (non-hydrogen) atoms. The molecule has 0 radical (unpaired) electrons. The van der Waals surface area contributed by atoms with Crippen LogP contribution in [-0.2, 0) is 0 Å². The summed E-state index contributed by atoms with van der Waals surface area (Å²) in [6, 6.07) is 3.79. The smallest absolute Gasteiger partial charge is 0.197 e.